The smallest absolute Gasteiger partial charge is 0.142 e. The van der Waals surface area contributed by atoms with Crippen molar-refractivity contribution in [2.24, 2.45) is 7.05 Å². The van der Waals surface area contributed by atoms with Crippen molar-refractivity contribution in [1.82, 2.24) is 4.57 Å². The van der Waals surface area contributed by atoms with Gasteiger partial charge in [-0.15, -0.1) is 0 Å². The first kappa shape index (κ1) is 8.75. The largest absolute Gasteiger partial charge is 0.351 e. The van der Waals surface area contributed by atoms with Crippen LogP contribution in [-0.4, -0.2) is 10.9 Å². The molecule has 0 radical (unpaired) electrons. The SMILES string of the molecule is Cn1ccc2cc(/C=C/C=O)ccc21. The van der Waals surface area contributed by atoms with Gasteiger partial charge in [0.1, 0.15) is 6.29 Å². The fourth-order valence-corrected chi connectivity index (χ4v) is 1.55. The zero-order chi connectivity index (χ0) is 9.97. The molecule has 0 unspecified atom stereocenters. The van der Waals surface area contributed by atoms with Crippen LogP contribution in [-0.2, 0) is 11.8 Å². The number of carbonyl (C=O) groups is 1. The van der Waals surface area contributed by atoms with Crippen molar-refractivity contribution in [3.8, 4) is 0 Å². The maximum Gasteiger partial charge on any atom is 0.142 e. The zero-order valence-electron chi connectivity index (χ0n) is 7.97. The van der Waals surface area contributed by atoms with Gasteiger partial charge in [0.25, 0.3) is 0 Å². The fraction of sp³-hybridized carbons (Fsp3) is 0.0833. The van der Waals surface area contributed by atoms with Gasteiger partial charge < -0.3 is 4.57 Å². The molecule has 14 heavy (non-hydrogen) atoms. The Kier molecular flexibility index (Phi) is 2.19. The van der Waals surface area contributed by atoms with E-state index in [1.54, 1.807) is 6.08 Å². The van der Waals surface area contributed by atoms with Crippen LogP contribution in [0.1, 0.15) is 5.56 Å². The van der Waals surface area contributed by atoms with Gasteiger partial charge in [-0.2, -0.15) is 0 Å². The summed E-state index contributed by atoms with van der Waals surface area (Å²) in [4.78, 5) is 10.2. The lowest BCUT2D eigenvalue weighted by atomic mass is 10.1. The monoisotopic (exact) mass is 185 g/mol. The molecule has 0 atom stereocenters. The Balaban J connectivity index is 2.51. The van der Waals surface area contributed by atoms with Gasteiger partial charge in [-0.05, 0) is 29.8 Å². The summed E-state index contributed by atoms with van der Waals surface area (Å²) in [7, 11) is 2.02. The summed E-state index contributed by atoms with van der Waals surface area (Å²) in [6, 6.07) is 8.19. The van der Waals surface area contributed by atoms with E-state index in [0.29, 0.717) is 0 Å². The Bertz CT molecular complexity index is 494. The third-order valence-corrected chi connectivity index (χ3v) is 2.28. The number of allylic oxidation sites excluding steroid dienone is 1. The number of carbonyl (C=O) groups excluding carboxylic acids is 1. The maximum absolute atomic E-state index is 10.2. The van der Waals surface area contributed by atoms with Crippen molar-refractivity contribution in [1.29, 1.82) is 0 Å². The van der Waals surface area contributed by atoms with Crippen molar-refractivity contribution in [2.45, 2.75) is 0 Å². The first-order valence-corrected chi connectivity index (χ1v) is 4.48. The normalized spacial score (nSPS) is 11.2. The summed E-state index contributed by atoms with van der Waals surface area (Å²) in [6.07, 6.45) is 6.12. The summed E-state index contributed by atoms with van der Waals surface area (Å²) in [5.74, 6) is 0. The first-order valence-electron chi connectivity index (χ1n) is 4.48. The summed E-state index contributed by atoms with van der Waals surface area (Å²) < 4.78 is 2.07. The van der Waals surface area contributed by atoms with Crippen molar-refractivity contribution < 1.29 is 4.79 Å². The summed E-state index contributed by atoms with van der Waals surface area (Å²) in [5.41, 5.74) is 2.25. The molecule has 0 aliphatic heterocycles. The second-order valence-electron chi connectivity index (χ2n) is 3.24. The zero-order valence-corrected chi connectivity index (χ0v) is 7.97. The molecule has 2 rings (SSSR count). The van der Waals surface area contributed by atoms with Gasteiger partial charge in [0.05, 0.1) is 0 Å². The minimum atomic E-state index is 0.787. The maximum atomic E-state index is 10.2. The topological polar surface area (TPSA) is 22.0 Å². The van der Waals surface area contributed by atoms with E-state index in [0.717, 1.165) is 11.8 Å². The Hall–Kier alpha value is -1.83. The highest BCUT2D eigenvalue weighted by molar-refractivity contribution is 5.84. The summed E-state index contributed by atoms with van der Waals surface area (Å²) in [5, 5.41) is 1.19. The number of hydrogen-bond donors (Lipinski definition) is 0. The molecule has 0 spiro atoms. The van der Waals surface area contributed by atoms with E-state index in [4.69, 9.17) is 0 Å². The van der Waals surface area contributed by atoms with E-state index in [1.165, 1.54) is 17.0 Å². The number of aldehydes is 1. The quantitative estimate of drug-likeness (QED) is 0.520. The molecule has 1 aromatic carbocycles. The lowest BCUT2D eigenvalue weighted by molar-refractivity contribution is -0.104. The molecule has 2 nitrogen and oxygen atoms in total. The number of aryl methyl sites for hydroxylation is 1. The van der Waals surface area contributed by atoms with Crippen LogP contribution in [0.25, 0.3) is 17.0 Å². The molecule has 0 fully saturated rings. The predicted molar refractivity (Wildman–Crippen MR) is 58.0 cm³/mol. The van der Waals surface area contributed by atoms with E-state index < -0.39 is 0 Å². The number of hydrogen-bond acceptors (Lipinski definition) is 1. The van der Waals surface area contributed by atoms with Crippen LogP contribution in [0.3, 0.4) is 0 Å². The molecule has 2 heteroatoms. The third-order valence-electron chi connectivity index (χ3n) is 2.28. The minimum Gasteiger partial charge on any atom is -0.351 e. The van der Waals surface area contributed by atoms with E-state index in [9.17, 15) is 4.79 Å². The number of rotatable bonds is 2. The van der Waals surface area contributed by atoms with Crippen LogP contribution >= 0.6 is 0 Å². The predicted octanol–water partition coefficient (Wildman–Crippen LogP) is 2.39. The first-order chi connectivity index (χ1) is 6.81. The van der Waals surface area contributed by atoms with E-state index in [-0.39, 0.29) is 0 Å². The molecular formula is C12H11NO. The molecule has 2 aromatic rings. The van der Waals surface area contributed by atoms with Crippen LogP contribution in [0, 0.1) is 0 Å². The number of aromatic nitrogens is 1. The standard InChI is InChI=1S/C12H11NO/c1-13-7-6-11-9-10(3-2-8-14)4-5-12(11)13/h2-9H,1H3/b3-2+. The molecule has 0 aliphatic rings. The molecule has 0 bridgehead atoms. The molecule has 0 amide bonds. The Morgan fingerprint density at radius 2 is 2.14 bits per heavy atom. The van der Waals surface area contributed by atoms with Gasteiger partial charge in [-0.3, -0.25) is 4.79 Å². The molecule has 1 heterocycles. The highest BCUT2D eigenvalue weighted by Gasteiger charge is 1.96. The molecule has 0 saturated heterocycles. The third kappa shape index (κ3) is 1.46. The average molecular weight is 185 g/mol. The molecule has 1 aromatic heterocycles. The molecule has 70 valence electrons. The van der Waals surface area contributed by atoms with E-state index >= 15 is 0 Å². The molecule has 0 N–H and O–H groups in total. The number of benzene rings is 1. The summed E-state index contributed by atoms with van der Waals surface area (Å²) >= 11 is 0. The van der Waals surface area contributed by atoms with Crippen LogP contribution in [0.5, 0.6) is 0 Å². The van der Waals surface area contributed by atoms with Crippen molar-refractivity contribution in [3.63, 3.8) is 0 Å². The van der Waals surface area contributed by atoms with Crippen molar-refractivity contribution >= 4 is 23.3 Å². The average Bonchev–Trinajstić information content (AvgIpc) is 2.57. The fourth-order valence-electron chi connectivity index (χ4n) is 1.55. The van der Waals surface area contributed by atoms with Gasteiger partial charge in [0, 0.05) is 24.1 Å². The van der Waals surface area contributed by atoms with E-state index in [2.05, 4.69) is 22.8 Å². The number of nitrogens with zero attached hydrogens (tertiary/aromatic N) is 1. The second kappa shape index (κ2) is 3.50. The highest BCUT2D eigenvalue weighted by Crippen LogP contribution is 2.17. The molecular weight excluding hydrogens is 174 g/mol. The van der Waals surface area contributed by atoms with E-state index in [1.807, 2.05) is 19.3 Å². The van der Waals surface area contributed by atoms with Crippen LogP contribution in [0.15, 0.2) is 36.5 Å². The Morgan fingerprint density at radius 1 is 1.29 bits per heavy atom. The second-order valence-corrected chi connectivity index (χ2v) is 3.24. The van der Waals surface area contributed by atoms with Gasteiger partial charge in [0.2, 0.25) is 0 Å². The van der Waals surface area contributed by atoms with Gasteiger partial charge in [0.15, 0.2) is 0 Å². The lowest BCUT2D eigenvalue weighted by Crippen LogP contribution is -1.83. The van der Waals surface area contributed by atoms with Gasteiger partial charge in [-0.1, -0.05) is 12.1 Å². The number of fused-ring (bicyclic) bond motifs is 1. The lowest BCUT2D eigenvalue weighted by Gasteiger charge is -1.97. The highest BCUT2D eigenvalue weighted by atomic mass is 16.1. The van der Waals surface area contributed by atoms with Crippen LogP contribution in [0.2, 0.25) is 0 Å². The Morgan fingerprint density at radius 3 is 2.93 bits per heavy atom. The van der Waals surface area contributed by atoms with Gasteiger partial charge in [-0.25, -0.2) is 0 Å². The van der Waals surface area contributed by atoms with Crippen LogP contribution in [0.4, 0.5) is 0 Å². The molecule has 0 aliphatic carbocycles. The minimum absolute atomic E-state index is 0.787. The summed E-state index contributed by atoms with van der Waals surface area (Å²) in [6.45, 7) is 0. The molecule has 0 saturated carbocycles. The van der Waals surface area contributed by atoms with Crippen molar-refractivity contribution in [2.75, 3.05) is 0 Å². The Labute approximate surface area is 82.5 Å². The van der Waals surface area contributed by atoms with Crippen LogP contribution < -0.4 is 0 Å². The van der Waals surface area contributed by atoms with Gasteiger partial charge >= 0.3 is 0 Å². The van der Waals surface area contributed by atoms with Crippen molar-refractivity contribution in [3.05, 3.63) is 42.1 Å².